The molecule has 0 spiro atoms. The van der Waals surface area contributed by atoms with Crippen LogP contribution in [0, 0.1) is 0 Å². The van der Waals surface area contributed by atoms with Crippen molar-refractivity contribution in [2.24, 2.45) is 0 Å². The largest absolute Gasteiger partial charge is 0.391 e. The van der Waals surface area contributed by atoms with E-state index in [1.54, 1.807) is 11.4 Å². The van der Waals surface area contributed by atoms with Crippen molar-refractivity contribution in [1.29, 1.82) is 0 Å². The fourth-order valence-electron chi connectivity index (χ4n) is 1.65. The van der Waals surface area contributed by atoms with Gasteiger partial charge in [0.05, 0.1) is 6.10 Å². The van der Waals surface area contributed by atoms with Gasteiger partial charge in [0, 0.05) is 6.54 Å². The zero-order chi connectivity index (χ0) is 13.7. The molecule has 2 N–H and O–H groups in total. The minimum absolute atomic E-state index is 0.00906. The maximum Gasteiger partial charge on any atom is 0.250 e. The van der Waals surface area contributed by atoms with Crippen LogP contribution in [0.5, 0.6) is 0 Å². The van der Waals surface area contributed by atoms with E-state index in [2.05, 4.69) is 4.72 Å². The Morgan fingerprint density at radius 3 is 2.53 bits per heavy atom. The maximum atomic E-state index is 11.8. The lowest BCUT2D eigenvalue weighted by Crippen LogP contribution is -2.32. The van der Waals surface area contributed by atoms with Gasteiger partial charge in [0.1, 0.15) is 4.21 Å². The highest BCUT2D eigenvalue weighted by Crippen LogP contribution is 2.15. The van der Waals surface area contributed by atoms with E-state index in [-0.39, 0.29) is 10.8 Å². The van der Waals surface area contributed by atoms with Crippen LogP contribution < -0.4 is 4.72 Å². The zero-order valence-electron chi connectivity index (χ0n) is 10.2. The monoisotopic (exact) mass is 297 g/mol. The van der Waals surface area contributed by atoms with Crippen molar-refractivity contribution in [3.8, 4) is 0 Å². The van der Waals surface area contributed by atoms with Crippen molar-refractivity contribution in [1.82, 2.24) is 4.72 Å². The molecule has 0 aliphatic rings. The van der Waals surface area contributed by atoms with Gasteiger partial charge in [-0.3, -0.25) is 0 Å². The van der Waals surface area contributed by atoms with Crippen LogP contribution in [0.4, 0.5) is 0 Å². The molecule has 0 aliphatic heterocycles. The molecule has 6 heteroatoms. The van der Waals surface area contributed by atoms with E-state index in [9.17, 15) is 13.5 Å². The highest BCUT2D eigenvalue weighted by atomic mass is 32.2. The van der Waals surface area contributed by atoms with Crippen molar-refractivity contribution < 1.29 is 13.5 Å². The average Bonchev–Trinajstić information content (AvgIpc) is 2.92. The number of rotatable bonds is 6. The van der Waals surface area contributed by atoms with Gasteiger partial charge < -0.3 is 5.11 Å². The number of aliphatic hydroxyl groups excluding tert-OH is 1. The third kappa shape index (κ3) is 4.14. The summed E-state index contributed by atoms with van der Waals surface area (Å²) in [5.74, 6) is 0. The number of sulfonamides is 1. The van der Waals surface area contributed by atoms with Crippen molar-refractivity contribution in [3.05, 3.63) is 53.4 Å². The Balaban J connectivity index is 1.89. The van der Waals surface area contributed by atoms with Crippen molar-refractivity contribution in [2.45, 2.75) is 16.7 Å². The normalized spacial score (nSPS) is 13.3. The maximum absolute atomic E-state index is 11.8. The number of thiophene rings is 1. The summed E-state index contributed by atoms with van der Waals surface area (Å²) in [6.45, 7) is 0.00906. The first-order chi connectivity index (χ1) is 9.08. The van der Waals surface area contributed by atoms with Crippen LogP contribution in [0.3, 0.4) is 0 Å². The second-order valence-electron chi connectivity index (χ2n) is 4.13. The molecule has 0 aliphatic carbocycles. The Morgan fingerprint density at radius 1 is 1.16 bits per heavy atom. The van der Waals surface area contributed by atoms with E-state index in [0.717, 1.165) is 16.9 Å². The van der Waals surface area contributed by atoms with Crippen LogP contribution in [0.15, 0.2) is 52.1 Å². The highest BCUT2D eigenvalue weighted by Gasteiger charge is 2.16. The molecule has 0 radical (unpaired) electrons. The molecule has 0 saturated heterocycles. The zero-order valence-corrected chi connectivity index (χ0v) is 11.8. The number of hydrogen-bond acceptors (Lipinski definition) is 4. The third-order valence-electron chi connectivity index (χ3n) is 2.58. The lowest BCUT2D eigenvalue weighted by Gasteiger charge is -2.11. The van der Waals surface area contributed by atoms with Crippen molar-refractivity contribution in [2.75, 3.05) is 6.54 Å². The molecular formula is C13H15NO3S2. The van der Waals surface area contributed by atoms with Crippen LogP contribution in [0.1, 0.15) is 5.56 Å². The molecule has 4 nitrogen and oxygen atoms in total. The molecule has 2 rings (SSSR count). The number of aliphatic hydroxyl groups is 1. The summed E-state index contributed by atoms with van der Waals surface area (Å²) in [6.07, 6.45) is -0.314. The van der Waals surface area contributed by atoms with Gasteiger partial charge >= 0.3 is 0 Å². The highest BCUT2D eigenvalue weighted by molar-refractivity contribution is 7.91. The minimum Gasteiger partial charge on any atom is -0.391 e. The van der Waals surface area contributed by atoms with Gasteiger partial charge in [0.2, 0.25) is 10.0 Å². The SMILES string of the molecule is O=S(=O)(NCC(O)Cc1ccccc1)c1cccs1. The first kappa shape index (κ1) is 14.2. The second-order valence-corrected chi connectivity index (χ2v) is 7.07. The van der Waals surface area contributed by atoms with Crippen LogP contribution >= 0.6 is 11.3 Å². The summed E-state index contributed by atoms with van der Waals surface area (Å²) in [5.41, 5.74) is 0.977. The Bertz CT molecular complexity index is 594. The van der Waals surface area contributed by atoms with E-state index >= 15 is 0 Å². The molecule has 0 amide bonds. The van der Waals surface area contributed by atoms with Crippen LogP contribution in [0.2, 0.25) is 0 Å². The fourth-order valence-corrected chi connectivity index (χ4v) is 3.76. The van der Waals surface area contributed by atoms with E-state index in [0.29, 0.717) is 6.42 Å². The summed E-state index contributed by atoms with van der Waals surface area (Å²) < 4.78 is 26.4. The second kappa shape index (κ2) is 6.29. The van der Waals surface area contributed by atoms with Crippen LogP contribution in [-0.4, -0.2) is 26.2 Å². The van der Waals surface area contributed by atoms with Gasteiger partial charge in [0.15, 0.2) is 0 Å². The molecule has 1 atom stereocenters. The summed E-state index contributed by atoms with van der Waals surface area (Å²) in [5, 5.41) is 11.5. The number of nitrogens with one attached hydrogen (secondary N) is 1. The van der Waals surface area contributed by atoms with Crippen LogP contribution in [-0.2, 0) is 16.4 Å². The first-order valence-corrected chi connectivity index (χ1v) is 8.19. The Hall–Kier alpha value is -1.21. The summed E-state index contributed by atoms with van der Waals surface area (Å²) >= 11 is 1.15. The summed E-state index contributed by atoms with van der Waals surface area (Å²) in [6, 6.07) is 12.7. The lowest BCUT2D eigenvalue weighted by atomic mass is 10.1. The van der Waals surface area contributed by atoms with Gasteiger partial charge in [-0.2, -0.15) is 0 Å². The quantitative estimate of drug-likeness (QED) is 0.851. The molecule has 19 heavy (non-hydrogen) atoms. The lowest BCUT2D eigenvalue weighted by molar-refractivity contribution is 0.179. The van der Waals surface area contributed by atoms with E-state index in [4.69, 9.17) is 0 Å². The third-order valence-corrected chi connectivity index (χ3v) is 5.40. The Morgan fingerprint density at radius 2 is 1.89 bits per heavy atom. The molecule has 1 heterocycles. The standard InChI is InChI=1S/C13H15NO3S2/c15-12(9-11-5-2-1-3-6-11)10-14-19(16,17)13-7-4-8-18-13/h1-8,12,14-15H,9-10H2. The number of benzene rings is 1. The summed E-state index contributed by atoms with van der Waals surface area (Å²) in [4.78, 5) is 0. The smallest absolute Gasteiger partial charge is 0.250 e. The molecule has 0 fully saturated rings. The van der Waals surface area contributed by atoms with Gasteiger partial charge in [-0.05, 0) is 23.4 Å². The predicted octanol–water partition coefficient (Wildman–Crippen LogP) is 1.63. The molecule has 1 aromatic carbocycles. The van der Waals surface area contributed by atoms with Gasteiger partial charge in [0.25, 0.3) is 0 Å². The van der Waals surface area contributed by atoms with Gasteiger partial charge in [-0.1, -0.05) is 36.4 Å². The van der Waals surface area contributed by atoms with Gasteiger partial charge in [-0.15, -0.1) is 11.3 Å². The molecule has 0 saturated carbocycles. The Kier molecular flexibility index (Phi) is 4.71. The van der Waals surface area contributed by atoms with Crippen molar-refractivity contribution >= 4 is 21.4 Å². The average molecular weight is 297 g/mol. The molecule has 0 bridgehead atoms. The number of hydrogen-bond donors (Lipinski definition) is 2. The molecule has 1 aromatic heterocycles. The van der Waals surface area contributed by atoms with E-state index < -0.39 is 16.1 Å². The van der Waals surface area contributed by atoms with E-state index in [1.165, 1.54) is 6.07 Å². The topological polar surface area (TPSA) is 66.4 Å². The molecule has 102 valence electrons. The van der Waals surface area contributed by atoms with Crippen molar-refractivity contribution in [3.63, 3.8) is 0 Å². The molecular weight excluding hydrogens is 282 g/mol. The molecule has 1 unspecified atom stereocenters. The Labute approximate surface area is 116 Å². The first-order valence-electron chi connectivity index (χ1n) is 5.83. The predicted molar refractivity (Wildman–Crippen MR) is 75.7 cm³/mol. The van der Waals surface area contributed by atoms with Crippen LogP contribution in [0.25, 0.3) is 0 Å². The van der Waals surface area contributed by atoms with Gasteiger partial charge in [-0.25, -0.2) is 13.1 Å². The minimum atomic E-state index is -3.50. The molecule has 2 aromatic rings. The fraction of sp³-hybridized carbons (Fsp3) is 0.231. The van der Waals surface area contributed by atoms with E-state index in [1.807, 2.05) is 30.3 Å². The summed E-state index contributed by atoms with van der Waals surface area (Å²) in [7, 11) is -3.50.